The van der Waals surface area contributed by atoms with Crippen molar-refractivity contribution < 1.29 is 34.1 Å². The van der Waals surface area contributed by atoms with E-state index in [1.54, 1.807) is 6.08 Å². The average molecular weight is 802 g/mol. The van der Waals surface area contributed by atoms with Crippen molar-refractivity contribution in [2.75, 3.05) is 0 Å². The standard InChI is InChI=1S/C50H75NO7/c1-9-10-11-12-13-14-15-16-17-18-36-28-41(53)50(47(57)51-42(54)25-33(6)46(55)56)40-27-34-26-35(52)21-23-48(34,7)38-22-24-49(8)39(32(5)20-19-31(4)30(2)3)29-37(45(50)58-36)44(49)43(38)40/h19-20,27-28,30-33,35,37-40,45,52H,9-18,21-26,29H2,1-8H3,(H,55,56)(H,51,54,57)/b20-19+. The molecule has 58 heavy (non-hydrogen) atoms. The highest BCUT2D eigenvalue weighted by Gasteiger charge is 2.72. The van der Waals surface area contributed by atoms with Gasteiger partial charge in [-0.25, -0.2) is 0 Å². The first-order chi connectivity index (χ1) is 27.5. The van der Waals surface area contributed by atoms with Crippen LogP contribution in [-0.4, -0.2) is 46.0 Å². The van der Waals surface area contributed by atoms with Gasteiger partial charge in [-0.1, -0.05) is 142 Å². The molecule has 0 bridgehead atoms. The van der Waals surface area contributed by atoms with Crippen molar-refractivity contribution in [2.24, 2.45) is 63.6 Å². The molecule has 2 amide bonds. The minimum absolute atomic E-state index is 0.106. The van der Waals surface area contributed by atoms with E-state index in [-0.39, 0.29) is 46.7 Å². The van der Waals surface area contributed by atoms with Crippen molar-refractivity contribution in [1.82, 2.24) is 5.32 Å². The Labute approximate surface area is 349 Å². The van der Waals surface area contributed by atoms with Crippen LogP contribution >= 0.6 is 0 Å². The number of fused-ring (bicyclic) bond motifs is 5. The van der Waals surface area contributed by atoms with Gasteiger partial charge in [0.15, 0.2) is 11.2 Å². The van der Waals surface area contributed by atoms with Crippen LogP contribution in [0.25, 0.3) is 0 Å². The smallest absolute Gasteiger partial charge is 0.306 e. The van der Waals surface area contributed by atoms with Crippen LogP contribution < -0.4 is 5.32 Å². The topological polar surface area (TPSA) is 130 Å². The van der Waals surface area contributed by atoms with Crippen molar-refractivity contribution >= 4 is 23.6 Å². The zero-order chi connectivity index (χ0) is 42.2. The minimum Gasteiger partial charge on any atom is -0.492 e. The van der Waals surface area contributed by atoms with Crippen molar-refractivity contribution in [1.29, 1.82) is 0 Å². The van der Waals surface area contributed by atoms with Crippen molar-refractivity contribution in [3.05, 3.63) is 46.8 Å². The highest BCUT2D eigenvalue weighted by atomic mass is 16.5. The van der Waals surface area contributed by atoms with Gasteiger partial charge >= 0.3 is 5.97 Å². The molecule has 12 unspecified atom stereocenters. The molecule has 322 valence electrons. The van der Waals surface area contributed by atoms with E-state index in [9.17, 15) is 19.8 Å². The first-order valence-electron chi connectivity index (χ1n) is 23.3. The van der Waals surface area contributed by atoms with Crippen LogP contribution in [0.1, 0.15) is 165 Å². The number of rotatable bonds is 18. The summed E-state index contributed by atoms with van der Waals surface area (Å²) in [6.45, 7) is 17.6. The second-order valence-corrected chi connectivity index (χ2v) is 20.4. The van der Waals surface area contributed by atoms with E-state index in [1.165, 1.54) is 56.6 Å². The van der Waals surface area contributed by atoms with Crippen LogP contribution in [0.2, 0.25) is 0 Å². The molecule has 0 aromatic rings. The summed E-state index contributed by atoms with van der Waals surface area (Å²) in [5.74, 6) is -2.38. The van der Waals surface area contributed by atoms with Gasteiger partial charge in [0.2, 0.25) is 11.8 Å². The number of nitrogens with one attached hydrogen (secondary N) is 1. The fourth-order valence-corrected chi connectivity index (χ4v) is 12.5. The summed E-state index contributed by atoms with van der Waals surface area (Å²) in [6, 6.07) is 0. The molecule has 6 aliphatic rings. The van der Waals surface area contributed by atoms with Gasteiger partial charge < -0.3 is 14.9 Å². The molecule has 3 N–H and O–H groups in total. The number of ketones is 1. The van der Waals surface area contributed by atoms with Crippen LogP contribution in [0, 0.1) is 63.6 Å². The number of ether oxygens (including phenoxy) is 1. The maximum absolute atomic E-state index is 15.3. The van der Waals surface area contributed by atoms with E-state index in [1.807, 2.05) is 0 Å². The number of aliphatic hydroxyl groups is 1. The molecule has 0 spiro atoms. The molecule has 1 aliphatic heterocycles. The fourth-order valence-electron chi connectivity index (χ4n) is 12.5. The Bertz CT molecular complexity index is 1700. The molecule has 8 nitrogen and oxygen atoms in total. The van der Waals surface area contributed by atoms with E-state index in [0.717, 1.165) is 50.5 Å². The van der Waals surface area contributed by atoms with Crippen LogP contribution in [0.15, 0.2) is 46.8 Å². The summed E-state index contributed by atoms with van der Waals surface area (Å²) in [6.07, 6.45) is 22.9. The normalized spacial score (nSPS) is 35.3. The molecule has 2 fully saturated rings. The summed E-state index contributed by atoms with van der Waals surface area (Å²) in [5, 5.41) is 23.2. The van der Waals surface area contributed by atoms with Gasteiger partial charge in [0.05, 0.1) is 12.0 Å². The SMILES string of the molecule is CCCCCCCCCCCC1=CC(=O)C2(C(=O)NC(=O)CC(C)C(=O)O)C3C=C4CC(O)CCC4(C)C4CCC5(C)C(=C43)C(CC5C(C)/C=C/C(C)C(C)C)C2O1. The predicted octanol–water partition coefficient (Wildman–Crippen LogP) is 10.5. The molecule has 1 heterocycles. The van der Waals surface area contributed by atoms with Gasteiger partial charge in [0.25, 0.3) is 0 Å². The third-order valence-corrected chi connectivity index (χ3v) is 16.4. The molecule has 0 saturated heterocycles. The Hall–Kier alpha value is -3.00. The van der Waals surface area contributed by atoms with Gasteiger partial charge in [-0.15, -0.1) is 0 Å². The van der Waals surface area contributed by atoms with Gasteiger partial charge in [0.1, 0.15) is 11.9 Å². The van der Waals surface area contributed by atoms with E-state index in [4.69, 9.17) is 4.74 Å². The largest absolute Gasteiger partial charge is 0.492 e. The highest BCUT2D eigenvalue weighted by molar-refractivity contribution is 6.17. The molecule has 0 aromatic heterocycles. The molecular weight excluding hydrogens is 727 g/mol. The zero-order valence-electron chi connectivity index (χ0n) is 37.0. The molecule has 0 aromatic carbocycles. The van der Waals surface area contributed by atoms with E-state index < -0.39 is 47.2 Å². The zero-order valence-corrected chi connectivity index (χ0v) is 37.0. The van der Waals surface area contributed by atoms with E-state index in [2.05, 4.69) is 72.0 Å². The average Bonchev–Trinajstić information content (AvgIpc) is 3.49. The Morgan fingerprint density at radius 2 is 1.59 bits per heavy atom. The summed E-state index contributed by atoms with van der Waals surface area (Å²) >= 11 is 0. The van der Waals surface area contributed by atoms with Gasteiger partial charge in [0, 0.05) is 30.8 Å². The molecule has 2 saturated carbocycles. The number of carboxylic acid groups (broad SMARTS) is 1. The van der Waals surface area contributed by atoms with Gasteiger partial charge in [-0.2, -0.15) is 0 Å². The van der Waals surface area contributed by atoms with Crippen LogP contribution in [-0.2, 0) is 23.9 Å². The maximum atomic E-state index is 15.3. The summed E-state index contributed by atoms with van der Waals surface area (Å²) in [7, 11) is 0. The first-order valence-corrected chi connectivity index (χ1v) is 23.3. The highest BCUT2D eigenvalue weighted by Crippen LogP contribution is 2.73. The number of carbonyl (C=O) groups is 4. The lowest BCUT2D eigenvalue weighted by molar-refractivity contribution is -0.163. The van der Waals surface area contributed by atoms with Crippen molar-refractivity contribution in [3.8, 4) is 0 Å². The predicted molar refractivity (Wildman–Crippen MR) is 228 cm³/mol. The van der Waals surface area contributed by atoms with E-state index >= 15 is 9.59 Å². The number of unbranched alkanes of at least 4 members (excludes halogenated alkanes) is 8. The Kier molecular flexibility index (Phi) is 13.8. The molecule has 5 aliphatic carbocycles. The van der Waals surface area contributed by atoms with Gasteiger partial charge in [-0.3, -0.25) is 24.5 Å². The third kappa shape index (κ3) is 8.10. The number of allylic oxidation sites excluding steroid dienone is 6. The number of hydrogen-bond donors (Lipinski definition) is 3. The first kappa shape index (κ1) is 44.5. The lowest BCUT2D eigenvalue weighted by Gasteiger charge is -2.61. The maximum Gasteiger partial charge on any atom is 0.306 e. The number of carbonyl (C=O) groups excluding carboxylic acids is 3. The molecule has 8 heteroatoms. The lowest BCUT2D eigenvalue weighted by atomic mass is 9.43. The molecule has 0 radical (unpaired) electrons. The number of carboxylic acids is 1. The number of aliphatic carboxylic acids is 1. The summed E-state index contributed by atoms with van der Waals surface area (Å²) in [4.78, 5) is 55.8. The van der Waals surface area contributed by atoms with Crippen LogP contribution in [0.3, 0.4) is 0 Å². The minimum atomic E-state index is -1.74. The number of amides is 2. The van der Waals surface area contributed by atoms with E-state index in [0.29, 0.717) is 36.9 Å². The summed E-state index contributed by atoms with van der Waals surface area (Å²) < 4.78 is 7.16. The molecular formula is C50H75NO7. The number of hydrogen-bond acceptors (Lipinski definition) is 6. The van der Waals surface area contributed by atoms with Crippen LogP contribution in [0.5, 0.6) is 0 Å². The van der Waals surface area contributed by atoms with Gasteiger partial charge in [-0.05, 0) is 85.4 Å². The monoisotopic (exact) mass is 802 g/mol. The quantitative estimate of drug-likeness (QED) is 0.0715. The third-order valence-electron chi connectivity index (χ3n) is 16.4. The number of aliphatic hydroxyl groups excluding tert-OH is 1. The Morgan fingerprint density at radius 3 is 2.24 bits per heavy atom. The lowest BCUT2D eigenvalue weighted by Crippen LogP contribution is -2.66. The number of imide groups is 1. The summed E-state index contributed by atoms with van der Waals surface area (Å²) in [5.41, 5.74) is 1.61. The van der Waals surface area contributed by atoms with Crippen LogP contribution in [0.4, 0.5) is 0 Å². The Morgan fingerprint density at radius 1 is 0.931 bits per heavy atom. The second kappa shape index (κ2) is 17.9. The van der Waals surface area contributed by atoms with Crippen molar-refractivity contribution in [3.63, 3.8) is 0 Å². The fraction of sp³-hybridized carbons (Fsp3) is 0.760. The second-order valence-electron chi connectivity index (χ2n) is 20.4. The Balaban J connectivity index is 1.43. The molecule has 12 atom stereocenters. The molecule has 6 rings (SSSR count). The van der Waals surface area contributed by atoms with Crippen molar-refractivity contribution in [2.45, 2.75) is 177 Å².